The minimum Gasteiger partial charge on any atom is -0.508 e. The van der Waals surface area contributed by atoms with E-state index in [1.54, 1.807) is 12.1 Å². The van der Waals surface area contributed by atoms with Crippen molar-refractivity contribution in [3.63, 3.8) is 0 Å². The van der Waals surface area contributed by atoms with E-state index in [1.807, 2.05) is 6.07 Å². The number of hydrogen-bond donors (Lipinski definition) is 1. The smallest absolute Gasteiger partial charge is 0.211 e. The van der Waals surface area contributed by atoms with Gasteiger partial charge in [0.15, 0.2) is 0 Å². The van der Waals surface area contributed by atoms with Crippen molar-refractivity contribution in [3.8, 4) is 5.75 Å². The molecule has 1 aromatic carbocycles. The summed E-state index contributed by atoms with van der Waals surface area (Å²) in [4.78, 5) is 0. The number of benzene rings is 1. The Kier molecular flexibility index (Phi) is 2.44. The van der Waals surface area contributed by atoms with Crippen LogP contribution in [0, 0.1) is 0 Å². The van der Waals surface area contributed by atoms with E-state index in [4.69, 9.17) is 0 Å². The van der Waals surface area contributed by atoms with Gasteiger partial charge in [0.25, 0.3) is 0 Å². The fraction of sp³-hybridized carbons (Fsp3) is 0.400. The molecule has 1 N–H and O–H groups in total. The van der Waals surface area contributed by atoms with E-state index in [2.05, 4.69) is 0 Å². The summed E-state index contributed by atoms with van der Waals surface area (Å²) in [6.45, 7) is 0.811. The second kappa shape index (κ2) is 3.50. The largest absolute Gasteiger partial charge is 0.508 e. The van der Waals surface area contributed by atoms with Gasteiger partial charge in [0.2, 0.25) is 10.0 Å². The van der Waals surface area contributed by atoms with E-state index in [1.165, 1.54) is 10.6 Å². The number of rotatable bonds is 1. The lowest BCUT2D eigenvalue weighted by Gasteiger charge is -2.26. The first-order valence-electron chi connectivity index (χ1n) is 4.73. The van der Waals surface area contributed by atoms with Crippen LogP contribution in [-0.2, 0) is 23.0 Å². The molecule has 0 saturated carbocycles. The van der Waals surface area contributed by atoms with E-state index in [0.29, 0.717) is 19.5 Å². The van der Waals surface area contributed by atoms with Crippen LogP contribution in [0.5, 0.6) is 5.75 Å². The number of phenols is 1. The van der Waals surface area contributed by atoms with Crippen molar-refractivity contribution in [2.75, 3.05) is 12.8 Å². The Hall–Kier alpha value is -1.07. The SMILES string of the molecule is CS(=O)(=O)N1CCc2c(O)cccc2C1. The Morgan fingerprint density at radius 3 is 2.80 bits per heavy atom. The third-order valence-corrected chi connectivity index (χ3v) is 3.92. The molecule has 0 spiro atoms. The van der Waals surface area contributed by atoms with Gasteiger partial charge in [-0.3, -0.25) is 0 Å². The maximum Gasteiger partial charge on any atom is 0.211 e. The summed E-state index contributed by atoms with van der Waals surface area (Å²) in [6, 6.07) is 5.22. The number of sulfonamides is 1. The first-order valence-corrected chi connectivity index (χ1v) is 6.58. The number of phenolic OH excluding ortho intramolecular Hbond substituents is 1. The zero-order valence-corrected chi connectivity index (χ0v) is 9.29. The third-order valence-electron chi connectivity index (χ3n) is 2.68. The molecule has 0 aromatic heterocycles. The van der Waals surface area contributed by atoms with Crippen molar-refractivity contribution >= 4 is 10.0 Å². The lowest BCUT2D eigenvalue weighted by Crippen LogP contribution is -2.35. The van der Waals surface area contributed by atoms with Crippen LogP contribution in [0.25, 0.3) is 0 Å². The van der Waals surface area contributed by atoms with Crippen molar-refractivity contribution in [2.24, 2.45) is 0 Å². The van der Waals surface area contributed by atoms with Crippen LogP contribution < -0.4 is 0 Å². The molecule has 0 bridgehead atoms. The summed E-state index contributed by atoms with van der Waals surface area (Å²) >= 11 is 0. The van der Waals surface area contributed by atoms with Gasteiger partial charge in [-0.15, -0.1) is 0 Å². The molecule has 0 aliphatic carbocycles. The molecule has 5 heteroatoms. The zero-order chi connectivity index (χ0) is 11.1. The van der Waals surface area contributed by atoms with Gasteiger partial charge < -0.3 is 5.11 Å². The quantitative estimate of drug-likeness (QED) is 0.768. The van der Waals surface area contributed by atoms with Gasteiger partial charge in [-0.05, 0) is 23.6 Å². The Morgan fingerprint density at radius 1 is 1.40 bits per heavy atom. The average molecular weight is 227 g/mol. The summed E-state index contributed by atoms with van der Waals surface area (Å²) in [5.41, 5.74) is 1.77. The molecule has 0 radical (unpaired) electrons. The maximum atomic E-state index is 11.3. The van der Waals surface area contributed by atoms with Crippen LogP contribution >= 0.6 is 0 Å². The molecule has 2 rings (SSSR count). The van der Waals surface area contributed by atoms with E-state index in [-0.39, 0.29) is 5.75 Å². The van der Waals surface area contributed by atoms with E-state index < -0.39 is 10.0 Å². The van der Waals surface area contributed by atoms with Gasteiger partial charge in [-0.2, -0.15) is 4.31 Å². The highest BCUT2D eigenvalue weighted by Gasteiger charge is 2.24. The molecule has 4 nitrogen and oxygen atoms in total. The van der Waals surface area contributed by atoms with E-state index in [9.17, 15) is 13.5 Å². The number of aromatic hydroxyl groups is 1. The normalized spacial score (nSPS) is 17.4. The lowest BCUT2D eigenvalue weighted by molar-refractivity contribution is 0.384. The van der Waals surface area contributed by atoms with Gasteiger partial charge in [0.05, 0.1) is 6.26 Å². The molecule has 0 amide bonds. The van der Waals surface area contributed by atoms with Gasteiger partial charge in [-0.25, -0.2) is 8.42 Å². The second-order valence-corrected chi connectivity index (χ2v) is 5.74. The molecule has 1 aliphatic heterocycles. The summed E-state index contributed by atoms with van der Waals surface area (Å²) in [7, 11) is -3.13. The van der Waals surface area contributed by atoms with Crippen molar-refractivity contribution in [1.29, 1.82) is 0 Å². The molecule has 0 unspecified atom stereocenters. The molecule has 0 fully saturated rings. The minimum absolute atomic E-state index is 0.264. The molecular formula is C10H13NO3S. The molecule has 82 valence electrons. The molecular weight excluding hydrogens is 214 g/mol. The van der Waals surface area contributed by atoms with Crippen LogP contribution in [0.2, 0.25) is 0 Å². The Bertz CT molecular complexity index is 481. The summed E-state index contributed by atoms with van der Waals surface area (Å²) in [5, 5.41) is 9.58. The summed E-state index contributed by atoms with van der Waals surface area (Å²) < 4.78 is 24.1. The van der Waals surface area contributed by atoms with Crippen molar-refractivity contribution < 1.29 is 13.5 Å². The highest BCUT2D eigenvalue weighted by Crippen LogP contribution is 2.27. The molecule has 0 atom stereocenters. The van der Waals surface area contributed by atoms with Crippen LogP contribution in [-0.4, -0.2) is 30.6 Å². The van der Waals surface area contributed by atoms with Crippen LogP contribution in [0.3, 0.4) is 0 Å². The fourth-order valence-electron chi connectivity index (χ4n) is 1.85. The van der Waals surface area contributed by atoms with E-state index >= 15 is 0 Å². The van der Waals surface area contributed by atoms with Crippen molar-refractivity contribution in [3.05, 3.63) is 29.3 Å². The minimum atomic E-state index is -3.13. The predicted molar refractivity (Wildman–Crippen MR) is 57.1 cm³/mol. The van der Waals surface area contributed by atoms with Crippen molar-refractivity contribution in [1.82, 2.24) is 4.31 Å². The summed E-state index contributed by atoms with van der Waals surface area (Å²) in [5.74, 6) is 0.264. The number of nitrogens with zero attached hydrogens (tertiary/aromatic N) is 1. The monoisotopic (exact) mass is 227 g/mol. The van der Waals surface area contributed by atoms with Crippen molar-refractivity contribution in [2.45, 2.75) is 13.0 Å². The van der Waals surface area contributed by atoms with Crippen LogP contribution in [0.1, 0.15) is 11.1 Å². The van der Waals surface area contributed by atoms with Crippen LogP contribution in [0.4, 0.5) is 0 Å². The Labute approximate surface area is 89.2 Å². The highest BCUT2D eigenvalue weighted by molar-refractivity contribution is 7.88. The molecule has 15 heavy (non-hydrogen) atoms. The van der Waals surface area contributed by atoms with Gasteiger partial charge in [-0.1, -0.05) is 12.1 Å². The lowest BCUT2D eigenvalue weighted by atomic mass is 10.0. The predicted octanol–water partition coefficient (Wildman–Crippen LogP) is 0.710. The third kappa shape index (κ3) is 1.98. The highest BCUT2D eigenvalue weighted by atomic mass is 32.2. The topological polar surface area (TPSA) is 57.6 Å². The molecule has 1 aromatic rings. The van der Waals surface area contributed by atoms with Gasteiger partial charge in [0.1, 0.15) is 5.75 Å². The fourth-order valence-corrected chi connectivity index (χ4v) is 2.64. The van der Waals surface area contributed by atoms with Gasteiger partial charge >= 0.3 is 0 Å². The number of hydrogen-bond acceptors (Lipinski definition) is 3. The first-order chi connectivity index (χ1) is 6.98. The number of fused-ring (bicyclic) bond motifs is 1. The zero-order valence-electron chi connectivity index (χ0n) is 8.47. The van der Waals surface area contributed by atoms with Crippen LogP contribution in [0.15, 0.2) is 18.2 Å². The molecule has 0 saturated heterocycles. The standard InChI is InChI=1S/C10H13NO3S/c1-15(13,14)11-6-5-9-8(7-11)3-2-4-10(9)12/h2-4,12H,5-7H2,1H3. The van der Waals surface area contributed by atoms with E-state index in [0.717, 1.165) is 11.1 Å². The Balaban J connectivity index is 2.36. The Morgan fingerprint density at radius 2 is 2.13 bits per heavy atom. The second-order valence-electron chi connectivity index (χ2n) is 3.76. The van der Waals surface area contributed by atoms with Gasteiger partial charge in [0, 0.05) is 13.1 Å². The average Bonchev–Trinajstić information content (AvgIpc) is 2.16. The molecule has 1 aliphatic rings. The molecule has 1 heterocycles. The summed E-state index contributed by atoms with van der Waals surface area (Å²) in [6.07, 6.45) is 1.79. The maximum absolute atomic E-state index is 11.3. The first kappa shape index (κ1) is 10.4.